The zero-order valence-corrected chi connectivity index (χ0v) is 10.1. The van der Waals surface area contributed by atoms with Gasteiger partial charge in [0.1, 0.15) is 11.1 Å². The molecule has 0 aliphatic carbocycles. The van der Waals surface area contributed by atoms with Crippen molar-refractivity contribution in [3.63, 3.8) is 0 Å². The van der Waals surface area contributed by atoms with Gasteiger partial charge in [0.15, 0.2) is 0 Å². The average Bonchev–Trinajstić information content (AvgIpc) is 2.65. The number of thiazole rings is 1. The van der Waals surface area contributed by atoms with Crippen LogP contribution in [0.3, 0.4) is 0 Å². The van der Waals surface area contributed by atoms with E-state index in [-0.39, 0.29) is 6.10 Å². The summed E-state index contributed by atoms with van der Waals surface area (Å²) in [5.41, 5.74) is 0. The van der Waals surface area contributed by atoms with Crippen LogP contribution in [0.15, 0.2) is 6.20 Å². The minimum absolute atomic E-state index is 0.218. The van der Waals surface area contributed by atoms with Gasteiger partial charge in [-0.15, -0.1) is 11.3 Å². The van der Waals surface area contributed by atoms with Gasteiger partial charge in [0.2, 0.25) is 0 Å². The molecule has 0 saturated carbocycles. The normalized spacial score (nSPS) is 13.1. The van der Waals surface area contributed by atoms with Crippen LogP contribution in [0.5, 0.6) is 0 Å². The first kappa shape index (κ1) is 11.7. The smallest absolute Gasteiger partial charge is 0.122 e. The second kappa shape index (κ2) is 6.14. The van der Waals surface area contributed by atoms with Gasteiger partial charge in [-0.05, 0) is 19.8 Å². The number of rotatable bonds is 6. The molecule has 1 unspecified atom stereocenters. The number of aryl methyl sites for hydroxylation is 1. The molecule has 0 spiro atoms. The van der Waals surface area contributed by atoms with Crippen molar-refractivity contribution in [2.45, 2.75) is 46.1 Å². The first-order valence-corrected chi connectivity index (χ1v) is 6.19. The van der Waals surface area contributed by atoms with E-state index in [2.05, 4.69) is 18.8 Å². The fraction of sp³-hybridized carbons (Fsp3) is 0.727. The second-order valence-electron chi connectivity index (χ2n) is 3.25. The van der Waals surface area contributed by atoms with E-state index >= 15 is 0 Å². The standard InChI is InChI=1S/C11H19NOS/c1-4-7-10(13-6-3)11-12-8-9(5-2)14-11/h8,10H,4-7H2,1-3H3. The predicted octanol–water partition coefficient (Wildman–Crippen LogP) is 3.58. The van der Waals surface area contributed by atoms with E-state index in [1.165, 1.54) is 4.88 Å². The minimum atomic E-state index is 0.218. The van der Waals surface area contributed by atoms with Crippen LogP contribution in [0, 0.1) is 0 Å². The molecule has 3 heteroatoms. The van der Waals surface area contributed by atoms with E-state index in [4.69, 9.17) is 4.74 Å². The Kier molecular flexibility index (Phi) is 5.12. The third-order valence-electron chi connectivity index (χ3n) is 2.11. The summed E-state index contributed by atoms with van der Waals surface area (Å²) in [6.07, 6.45) is 5.48. The summed E-state index contributed by atoms with van der Waals surface area (Å²) >= 11 is 1.78. The monoisotopic (exact) mass is 213 g/mol. The summed E-state index contributed by atoms with van der Waals surface area (Å²) in [6, 6.07) is 0. The van der Waals surface area contributed by atoms with Crippen LogP contribution in [0.2, 0.25) is 0 Å². The van der Waals surface area contributed by atoms with E-state index in [0.717, 1.165) is 30.9 Å². The van der Waals surface area contributed by atoms with Gasteiger partial charge in [-0.2, -0.15) is 0 Å². The summed E-state index contributed by atoms with van der Waals surface area (Å²) < 4.78 is 5.67. The Morgan fingerprint density at radius 3 is 2.71 bits per heavy atom. The molecule has 1 aromatic rings. The molecule has 0 aromatic carbocycles. The molecule has 0 N–H and O–H groups in total. The minimum Gasteiger partial charge on any atom is -0.371 e. The van der Waals surface area contributed by atoms with Crippen molar-refractivity contribution in [2.75, 3.05) is 6.61 Å². The van der Waals surface area contributed by atoms with E-state index in [1.807, 2.05) is 13.1 Å². The van der Waals surface area contributed by atoms with Crippen molar-refractivity contribution in [3.8, 4) is 0 Å². The summed E-state index contributed by atoms with van der Waals surface area (Å²) in [6.45, 7) is 7.15. The van der Waals surface area contributed by atoms with Crippen LogP contribution in [0.25, 0.3) is 0 Å². The van der Waals surface area contributed by atoms with Gasteiger partial charge in [0.25, 0.3) is 0 Å². The predicted molar refractivity (Wildman–Crippen MR) is 60.8 cm³/mol. The maximum atomic E-state index is 5.67. The highest BCUT2D eigenvalue weighted by atomic mass is 32.1. The Morgan fingerprint density at radius 2 is 2.21 bits per heavy atom. The molecule has 0 saturated heterocycles. The highest BCUT2D eigenvalue weighted by Gasteiger charge is 2.14. The van der Waals surface area contributed by atoms with Crippen LogP contribution in [0.4, 0.5) is 0 Å². The molecule has 0 aliphatic heterocycles. The first-order valence-electron chi connectivity index (χ1n) is 5.37. The van der Waals surface area contributed by atoms with Gasteiger partial charge in [-0.3, -0.25) is 0 Å². The van der Waals surface area contributed by atoms with Crippen molar-refractivity contribution >= 4 is 11.3 Å². The summed E-state index contributed by atoms with van der Waals surface area (Å²) in [7, 11) is 0. The molecule has 1 heterocycles. The maximum Gasteiger partial charge on any atom is 0.122 e. The lowest BCUT2D eigenvalue weighted by Crippen LogP contribution is -2.03. The number of nitrogens with zero attached hydrogens (tertiary/aromatic N) is 1. The molecule has 1 rings (SSSR count). The Bertz CT molecular complexity index is 254. The topological polar surface area (TPSA) is 22.1 Å². The SMILES string of the molecule is CCCC(OCC)c1ncc(CC)s1. The fourth-order valence-electron chi connectivity index (χ4n) is 1.38. The Hall–Kier alpha value is -0.410. The molecule has 0 aliphatic rings. The zero-order valence-electron chi connectivity index (χ0n) is 9.25. The van der Waals surface area contributed by atoms with Gasteiger partial charge in [-0.25, -0.2) is 4.98 Å². The molecule has 1 aromatic heterocycles. The van der Waals surface area contributed by atoms with Crippen molar-refractivity contribution in [2.24, 2.45) is 0 Å². The van der Waals surface area contributed by atoms with Crippen LogP contribution < -0.4 is 0 Å². The number of ether oxygens (including phenoxy) is 1. The fourth-order valence-corrected chi connectivity index (χ4v) is 2.32. The maximum absolute atomic E-state index is 5.67. The zero-order chi connectivity index (χ0) is 10.4. The van der Waals surface area contributed by atoms with Crippen molar-refractivity contribution in [1.29, 1.82) is 0 Å². The average molecular weight is 213 g/mol. The molecule has 0 fully saturated rings. The molecule has 2 nitrogen and oxygen atoms in total. The number of hydrogen-bond acceptors (Lipinski definition) is 3. The van der Waals surface area contributed by atoms with E-state index in [9.17, 15) is 0 Å². The summed E-state index contributed by atoms with van der Waals surface area (Å²) in [4.78, 5) is 5.77. The lowest BCUT2D eigenvalue weighted by atomic mass is 10.2. The van der Waals surface area contributed by atoms with Crippen LogP contribution in [-0.4, -0.2) is 11.6 Å². The Morgan fingerprint density at radius 1 is 1.43 bits per heavy atom. The second-order valence-corrected chi connectivity index (χ2v) is 4.40. The van der Waals surface area contributed by atoms with Gasteiger partial charge >= 0.3 is 0 Å². The molecule has 80 valence electrons. The Labute approximate surface area is 90.3 Å². The third-order valence-corrected chi connectivity index (χ3v) is 3.35. The van der Waals surface area contributed by atoms with E-state index in [1.54, 1.807) is 11.3 Å². The van der Waals surface area contributed by atoms with Gasteiger partial charge < -0.3 is 4.74 Å². The molecule has 0 amide bonds. The quantitative estimate of drug-likeness (QED) is 0.720. The van der Waals surface area contributed by atoms with Gasteiger partial charge in [-0.1, -0.05) is 20.3 Å². The lowest BCUT2D eigenvalue weighted by Gasteiger charge is -2.12. The molecular formula is C11H19NOS. The van der Waals surface area contributed by atoms with Gasteiger partial charge in [0, 0.05) is 17.7 Å². The Balaban J connectivity index is 2.65. The van der Waals surface area contributed by atoms with Gasteiger partial charge in [0.05, 0.1) is 0 Å². The highest BCUT2D eigenvalue weighted by molar-refractivity contribution is 7.11. The number of aromatic nitrogens is 1. The lowest BCUT2D eigenvalue weighted by molar-refractivity contribution is 0.0555. The van der Waals surface area contributed by atoms with Crippen molar-refractivity contribution < 1.29 is 4.74 Å². The van der Waals surface area contributed by atoms with E-state index < -0.39 is 0 Å². The molecule has 0 bridgehead atoms. The van der Waals surface area contributed by atoms with Crippen molar-refractivity contribution in [3.05, 3.63) is 16.1 Å². The molecule has 0 radical (unpaired) electrons. The summed E-state index contributed by atoms with van der Waals surface area (Å²) in [5, 5.41) is 1.14. The van der Waals surface area contributed by atoms with Crippen LogP contribution >= 0.6 is 11.3 Å². The largest absolute Gasteiger partial charge is 0.371 e. The number of hydrogen-bond donors (Lipinski definition) is 0. The van der Waals surface area contributed by atoms with Crippen molar-refractivity contribution in [1.82, 2.24) is 4.98 Å². The molecule has 1 atom stereocenters. The molecular weight excluding hydrogens is 194 g/mol. The summed E-state index contributed by atoms with van der Waals surface area (Å²) in [5.74, 6) is 0. The van der Waals surface area contributed by atoms with Crippen LogP contribution in [-0.2, 0) is 11.2 Å². The molecule has 14 heavy (non-hydrogen) atoms. The first-order chi connectivity index (χ1) is 6.81. The van der Waals surface area contributed by atoms with Crippen LogP contribution in [0.1, 0.15) is 49.6 Å². The van der Waals surface area contributed by atoms with E-state index in [0.29, 0.717) is 0 Å². The third kappa shape index (κ3) is 3.07. The highest BCUT2D eigenvalue weighted by Crippen LogP contribution is 2.27.